The summed E-state index contributed by atoms with van der Waals surface area (Å²) in [6, 6.07) is 8.05. The van der Waals surface area contributed by atoms with E-state index in [0.29, 0.717) is 32.1 Å². The lowest BCUT2D eigenvalue weighted by Gasteiger charge is -2.57. The number of hydrogen-bond donors (Lipinski definition) is 0. The van der Waals surface area contributed by atoms with Crippen molar-refractivity contribution in [1.82, 2.24) is 9.80 Å². The fourth-order valence-electron chi connectivity index (χ4n) is 7.12. The van der Waals surface area contributed by atoms with Gasteiger partial charge >= 0.3 is 0 Å². The average molecular weight is 409 g/mol. The first-order chi connectivity index (χ1) is 14.2. The van der Waals surface area contributed by atoms with Gasteiger partial charge in [-0.05, 0) is 79.4 Å². The van der Waals surface area contributed by atoms with Gasteiger partial charge in [-0.25, -0.2) is 0 Å². The zero-order chi connectivity index (χ0) is 21.1. The summed E-state index contributed by atoms with van der Waals surface area (Å²) < 4.78 is 0. The Morgan fingerprint density at radius 2 is 1.27 bits per heavy atom. The fraction of sp³-hybridized carbons (Fsp3) is 0.692. The number of carbonyl (C=O) groups excluding carboxylic acids is 2. The van der Waals surface area contributed by atoms with Crippen LogP contribution in [0, 0.1) is 23.2 Å². The summed E-state index contributed by atoms with van der Waals surface area (Å²) in [6.07, 6.45) is 7.46. The van der Waals surface area contributed by atoms with E-state index in [9.17, 15) is 9.59 Å². The van der Waals surface area contributed by atoms with Gasteiger partial charge < -0.3 is 9.80 Å². The van der Waals surface area contributed by atoms with Gasteiger partial charge in [0.2, 0.25) is 5.91 Å². The summed E-state index contributed by atoms with van der Waals surface area (Å²) in [5.74, 6) is 2.87. The van der Waals surface area contributed by atoms with Gasteiger partial charge in [-0.3, -0.25) is 9.59 Å². The van der Waals surface area contributed by atoms with Crippen molar-refractivity contribution in [2.24, 2.45) is 23.2 Å². The highest BCUT2D eigenvalue weighted by Gasteiger charge is 2.55. The van der Waals surface area contributed by atoms with Crippen LogP contribution in [0.15, 0.2) is 24.3 Å². The predicted octanol–water partition coefficient (Wildman–Crippen LogP) is 4.48. The van der Waals surface area contributed by atoms with Crippen LogP contribution in [0.2, 0.25) is 0 Å². The predicted molar refractivity (Wildman–Crippen MR) is 118 cm³/mol. The standard InChI is InChI=1S/C26H36N2O2/c1-25(2,3)22-6-4-21(5-7-22)23(29)27-8-10-28(11-9-27)24(30)26-15-18-12-19(16-26)14-20(13-18)17-26/h4-7,18-20H,8-17H2,1-3H3. The van der Waals surface area contributed by atoms with E-state index in [-0.39, 0.29) is 16.7 Å². The molecule has 1 aromatic carbocycles. The van der Waals surface area contributed by atoms with Crippen LogP contribution in [0.1, 0.15) is 75.2 Å². The Hall–Kier alpha value is -1.84. The van der Waals surface area contributed by atoms with Gasteiger partial charge in [0.05, 0.1) is 5.41 Å². The van der Waals surface area contributed by atoms with E-state index in [0.717, 1.165) is 42.6 Å². The smallest absolute Gasteiger partial charge is 0.253 e. The molecule has 4 bridgehead atoms. The Labute approximate surface area is 181 Å². The molecule has 0 atom stereocenters. The SMILES string of the molecule is CC(C)(C)c1ccc(C(=O)N2CCN(C(=O)C34CC5CC(CC(C5)C3)C4)CC2)cc1. The third-order valence-electron chi connectivity index (χ3n) is 8.34. The summed E-state index contributed by atoms with van der Waals surface area (Å²) >= 11 is 0. The number of hydrogen-bond acceptors (Lipinski definition) is 2. The number of amides is 2. The molecule has 1 aliphatic heterocycles. The Bertz CT molecular complexity index is 792. The van der Waals surface area contributed by atoms with Gasteiger partial charge in [-0.1, -0.05) is 32.9 Å². The lowest BCUT2D eigenvalue weighted by molar-refractivity contribution is -0.159. The van der Waals surface area contributed by atoms with Crippen molar-refractivity contribution in [3.05, 3.63) is 35.4 Å². The minimum absolute atomic E-state index is 0.0658. The van der Waals surface area contributed by atoms with Crippen molar-refractivity contribution in [2.75, 3.05) is 26.2 Å². The maximum atomic E-state index is 13.6. The van der Waals surface area contributed by atoms with Crippen LogP contribution in [0.3, 0.4) is 0 Å². The van der Waals surface area contributed by atoms with Gasteiger partial charge in [0.25, 0.3) is 5.91 Å². The first-order valence-corrected chi connectivity index (χ1v) is 11.9. The van der Waals surface area contributed by atoms with Crippen LogP contribution in [-0.4, -0.2) is 47.8 Å². The molecule has 30 heavy (non-hydrogen) atoms. The highest BCUT2D eigenvalue weighted by atomic mass is 16.2. The molecule has 0 unspecified atom stereocenters. The van der Waals surface area contributed by atoms with Crippen molar-refractivity contribution in [1.29, 1.82) is 0 Å². The lowest BCUT2D eigenvalue weighted by Crippen LogP contribution is -2.58. The third-order valence-corrected chi connectivity index (χ3v) is 8.34. The quantitative estimate of drug-likeness (QED) is 0.724. The van der Waals surface area contributed by atoms with E-state index in [1.807, 2.05) is 17.0 Å². The van der Waals surface area contributed by atoms with Gasteiger partial charge in [-0.15, -0.1) is 0 Å². The Kier molecular flexibility index (Phi) is 4.75. The van der Waals surface area contributed by atoms with Crippen molar-refractivity contribution in [2.45, 2.75) is 64.7 Å². The monoisotopic (exact) mass is 408 g/mol. The topological polar surface area (TPSA) is 40.6 Å². The number of nitrogens with zero attached hydrogens (tertiary/aromatic N) is 2. The van der Waals surface area contributed by atoms with Crippen molar-refractivity contribution in [3.63, 3.8) is 0 Å². The Morgan fingerprint density at radius 3 is 1.73 bits per heavy atom. The maximum Gasteiger partial charge on any atom is 0.253 e. The molecule has 4 heteroatoms. The zero-order valence-electron chi connectivity index (χ0n) is 18.8. The molecular weight excluding hydrogens is 372 g/mol. The van der Waals surface area contributed by atoms with Crippen LogP contribution < -0.4 is 0 Å². The highest BCUT2D eigenvalue weighted by molar-refractivity contribution is 5.94. The molecule has 4 saturated carbocycles. The summed E-state index contributed by atoms with van der Waals surface area (Å²) in [4.78, 5) is 30.5. The second-order valence-electron chi connectivity index (χ2n) is 11.6. The molecule has 162 valence electrons. The first kappa shape index (κ1) is 20.1. The third kappa shape index (κ3) is 3.46. The molecule has 0 radical (unpaired) electrons. The van der Waals surface area contributed by atoms with E-state index in [1.54, 1.807) is 0 Å². The summed E-state index contributed by atoms with van der Waals surface area (Å²) in [6.45, 7) is 9.23. The van der Waals surface area contributed by atoms with E-state index in [2.05, 4.69) is 37.8 Å². The first-order valence-electron chi connectivity index (χ1n) is 11.9. The molecule has 5 aliphatic rings. The van der Waals surface area contributed by atoms with Crippen LogP contribution in [-0.2, 0) is 10.2 Å². The van der Waals surface area contributed by atoms with Crippen molar-refractivity contribution < 1.29 is 9.59 Å². The molecule has 1 heterocycles. The van der Waals surface area contributed by atoms with Crippen molar-refractivity contribution in [3.8, 4) is 0 Å². The van der Waals surface area contributed by atoms with Gasteiger partial charge in [-0.2, -0.15) is 0 Å². The van der Waals surface area contributed by atoms with E-state index in [1.165, 1.54) is 24.8 Å². The van der Waals surface area contributed by atoms with Crippen molar-refractivity contribution >= 4 is 11.8 Å². The number of benzene rings is 1. The van der Waals surface area contributed by atoms with Gasteiger partial charge in [0.1, 0.15) is 0 Å². The van der Waals surface area contributed by atoms with E-state index in [4.69, 9.17) is 0 Å². The summed E-state index contributed by atoms with van der Waals surface area (Å²) in [7, 11) is 0. The zero-order valence-corrected chi connectivity index (χ0v) is 18.8. The number of carbonyl (C=O) groups is 2. The largest absolute Gasteiger partial charge is 0.339 e. The van der Waals surface area contributed by atoms with Gasteiger partial charge in [0.15, 0.2) is 0 Å². The lowest BCUT2D eigenvalue weighted by atomic mass is 9.49. The molecule has 0 aromatic heterocycles. The normalized spacial score (nSPS) is 33.1. The Balaban J connectivity index is 1.21. The average Bonchev–Trinajstić information content (AvgIpc) is 2.71. The molecule has 0 N–H and O–H groups in total. The Morgan fingerprint density at radius 1 is 0.800 bits per heavy atom. The summed E-state index contributed by atoms with van der Waals surface area (Å²) in [5, 5.41) is 0. The highest BCUT2D eigenvalue weighted by Crippen LogP contribution is 2.60. The molecule has 4 aliphatic carbocycles. The maximum absolute atomic E-state index is 13.6. The molecule has 0 spiro atoms. The second kappa shape index (κ2) is 7.10. The number of piperazine rings is 1. The molecule has 5 fully saturated rings. The van der Waals surface area contributed by atoms with E-state index < -0.39 is 0 Å². The minimum atomic E-state index is -0.0658. The molecule has 4 nitrogen and oxygen atoms in total. The molecule has 6 rings (SSSR count). The molecule has 1 saturated heterocycles. The fourth-order valence-corrected chi connectivity index (χ4v) is 7.12. The van der Waals surface area contributed by atoms with Crippen LogP contribution in [0.4, 0.5) is 0 Å². The molecular formula is C26H36N2O2. The van der Waals surface area contributed by atoms with E-state index >= 15 is 0 Å². The van der Waals surface area contributed by atoms with Crippen LogP contribution in [0.25, 0.3) is 0 Å². The van der Waals surface area contributed by atoms with Gasteiger partial charge in [0, 0.05) is 31.7 Å². The summed E-state index contributed by atoms with van der Waals surface area (Å²) in [5.41, 5.74) is 2.02. The molecule has 1 aromatic rings. The molecule has 2 amide bonds. The second-order valence-corrected chi connectivity index (χ2v) is 11.6. The van der Waals surface area contributed by atoms with Crippen LogP contribution in [0.5, 0.6) is 0 Å². The minimum Gasteiger partial charge on any atom is -0.339 e. The van der Waals surface area contributed by atoms with Crippen LogP contribution >= 0.6 is 0 Å². The number of rotatable bonds is 2.